The molecule has 0 bridgehead atoms. The van der Waals surface area contributed by atoms with E-state index in [2.05, 4.69) is 9.82 Å². The van der Waals surface area contributed by atoms with Crippen molar-refractivity contribution in [2.45, 2.75) is 6.18 Å². The predicted molar refractivity (Wildman–Crippen MR) is 106 cm³/mol. The normalized spacial score (nSPS) is 11.2. The maximum absolute atomic E-state index is 12.6. The van der Waals surface area contributed by atoms with E-state index in [1.54, 1.807) is 30.3 Å². The lowest BCUT2D eigenvalue weighted by molar-refractivity contribution is -0.201. The van der Waals surface area contributed by atoms with E-state index in [-0.39, 0.29) is 10.8 Å². The van der Waals surface area contributed by atoms with Crippen molar-refractivity contribution >= 4 is 23.6 Å². The van der Waals surface area contributed by atoms with Gasteiger partial charge in [0.1, 0.15) is 5.75 Å². The fourth-order valence-electron chi connectivity index (χ4n) is 2.32. The second-order valence-electron chi connectivity index (χ2n) is 6.02. The summed E-state index contributed by atoms with van der Waals surface area (Å²) < 4.78 is 43.3. The van der Waals surface area contributed by atoms with Crippen LogP contribution in [0, 0.1) is 0 Å². The fraction of sp³-hybridized carbons (Fsp3) is 0.0455. The van der Waals surface area contributed by atoms with Crippen LogP contribution < -0.4 is 9.80 Å². The largest absolute Gasteiger partial charge is 0.493 e. The Labute approximate surface area is 175 Å². The Morgan fingerprint density at radius 3 is 2.13 bits per heavy atom. The van der Waals surface area contributed by atoms with E-state index in [9.17, 15) is 22.8 Å². The molecule has 0 N–H and O–H groups in total. The number of halogens is 3. The summed E-state index contributed by atoms with van der Waals surface area (Å²) in [5, 5.41) is 0.270. The minimum atomic E-state index is -5.25. The number of aromatic nitrogens is 1. The molecule has 1 heterocycles. The van der Waals surface area contributed by atoms with Crippen molar-refractivity contribution in [2.75, 3.05) is 5.06 Å². The van der Waals surface area contributed by atoms with Crippen LogP contribution in [0.2, 0.25) is 0 Å². The number of rotatable bonds is 5. The zero-order valence-electron chi connectivity index (χ0n) is 15.8. The molecule has 0 fully saturated rings. The van der Waals surface area contributed by atoms with Gasteiger partial charge in [-0.05, 0) is 42.0 Å². The SMILES string of the molecule is O=C(/C=C/c1ccc(Oc2ccccc2)nc1)N(OC(=O)C(F)(F)F)c1ccccc1. The van der Waals surface area contributed by atoms with E-state index in [4.69, 9.17) is 4.74 Å². The van der Waals surface area contributed by atoms with Crippen molar-refractivity contribution in [3.8, 4) is 11.6 Å². The molecule has 158 valence electrons. The highest BCUT2D eigenvalue weighted by Gasteiger charge is 2.43. The van der Waals surface area contributed by atoms with Crippen LogP contribution in [-0.2, 0) is 14.4 Å². The van der Waals surface area contributed by atoms with Crippen LogP contribution in [0.1, 0.15) is 5.56 Å². The average molecular weight is 428 g/mol. The summed E-state index contributed by atoms with van der Waals surface area (Å²) >= 11 is 0. The van der Waals surface area contributed by atoms with Crippen LogP contribution in [-0.4, -0.2) is 23.0 Å². The number of ether oxygens (including phenoxy) is 1. The molecule has 1 amide bonds. The molecule has 1 aromatic heterocycles. The number of hydroxylamine groups is 1. The highest BCUT2D eigenvalue weighted by molar-refractivity contribution is 6.03. The highest BCUT2D eigenvalue weighted by atomic mass is 19.4. The molecule has 31 heavy (non-hydrogen) atoms. The van der Waals surface area contributed by atoms with Gasteiger partial charge < -0.3 is 9.57 Å². The van der Waals surface area contributed by atoms with E-state index in [1.807, 2.05) is 18.2 Å². The number of benzene rings is 2. The Balaban J connectivity index is 1.72. The first-order valence-electron chi connectivity index (χ1n) is 8.88. The third-order valence-electron chi connectivity index (χ3n) is 3.74. The van der Waals surface area contributed by atoms with Crippen molar-refractivity contribution in [1.29, 1.82) is 0 Å². The number of amides is 1. The molecule has 0 spiro atoms. The van der Waals surface area contributed by atoms with E-state index in [1.165, 1.54) is 36.5 Å². The van der Waals surface area contributed by atoms with Gasteiger partial charge in [0, 0.05) is 18.3 Å². The molecule has 3 aromatic rings. The van der Waals surface area contributed by atoms with Crippen molar-refractivity contribution in [3.63, 3.8) is 0 Å². The summed E-state index contributed by atoms with van der Waals surface area (Å²) in [5.41, 5.74) is 0.434. The molecule has 0 radical (unpaired) electrons. The molecule has 0 saturated carbocycles. The van der Waals surface area contributed by atoms with Gasteiger partial charge in [0.25, 0.3) is 5.91 Å². The van der Waals surface area contributed by atoms with Gasteiger partial charge in [-0.15, -0.1) is 5.06 Å². The number of alkyl halides is 3. The van der Waals surface area contributed by atoms with Gasteiger partial charge in [0.05, 0.1) is 5.69 Å². The quantitative estimate of drug-likeness (QED) is 0.425. The van der Waals surface area contributed by atoms with Crippen molar-refractivity contribution < 1.29 is 32.3 Å². The standard InChI is InChI=1S/C22H15F3N2O4/c23-22(24,25)21(29)31-27(17-7-3-1-4-8-17)20(28)14-12-16-11-13-19(26-15-16)30-18-9-5-2-6-10-18/h1-15H/b14-12+. The van der Waals surface area contributed by atoms with Crippen LogP contribution in [0.4, 0.5) is 18.9 Å². The monoisotopic (exact) mass is 428 g/mol. The van der Waals surface area contributed by atoms with Crippen molar-refractivity contribution in [2.24, 2.45) is 0 Å². The lowest BCUT2D eigenvalue weighted by Crippen LogP contribution is -2.38. The summed E-state index contributed by atoms with van der Waals surface area (Å²) in [4.78, 5) is 32.0. The van der Waals surface area contributed by atoms with E-state index >= 15 is 0 Å². The highest BCUT2D eigenvalue weighted by Crippen LogP contribution is 2.22. The number of nitrogens with zero attached hydrogens (tertiary/aromatic N) is 2. The van der Waals surface area contributed by atoms with Crippen molar-refractivity contribution in [1.82, 2.24) is 4.98 Å². The number of para-hydroxylation sites is 2. The molecule has 0 unspecified atom stereocenters. The lowest BCUT2D eigenvalue weighted by Gasteiger charge is -2.20. The molecule has 0 aliphatic heterocycles. The lowest BCUT2D eigenvalue weighted by atomic mass is 10.2. The third kappa shape index (κ3) is 6.17. The Morgan fingerprint density at radius 2 is 1.55 bits per heavy atom. The number of hydrogen-bond donors (Lipinski definition) is 0. The van der Waals surface area contributed by atoms with Gasteiger partial charge in [-0.1, -0.05) is 36.4 Å². The van der Waals surface area contributed by atoms with Gasteiger partial charge >= 0.3 is 12.1 Å². The molecule has 0 saturated heterocycles. The van der Waals surface area contributed by atoms with Crippen LogP contribution in [0.3, 0.4) is 0 Å². The molecule has 3 rings (SSSR count). The number of pyridine rings is 1. The number of anilines is 1. The topological polar surface area (TPSA) is 68.7 Å². The number of carbonyl (C=O) groups excluding carboxylic acids is 2. The summed E-state index contributed by atoms with van der Waals surface area (Å²) in [6.45, 7) is 0. The second kappa shape index (κ2) is 9.57. The first kappa shape index (κ1) is 21.6. The number of carbonyl (C=O) groups is 2. The van der Waals surface area contributed by atoms with Crippen LogP contribution >= 0.6 is 0 Å². The first-order valence-corrected chi connectivity index (χ1v) is 8.88. The first-order chi connectivity index (χ1) is 14.8. The smallest absolute Gasteiger partial charge is 0.439 e. The average Bonchev–Trinajstić information content (AvgIpc) is 2.77. The maximum Gasteiger partial charge on any atom is 0.493 e. The predicted octanol–water partition coefficient (Wildman–Crippen LogP) is 4.94. The third-order valence-corrected chi connectivity index (χ3v) is 3.74. The van der Waals surface area contributed by atoms with Crippen LogP contribution in [0.25, 0.3) is 6.08 Å². The minimum Gasteiger partial charge on any atom is -0.439 e. The summed E-state index contributed by atoms with van der Waals surface area (Å²) in [5.74, 6) is -2.59. The molecule has 0 aliphatic rings. The van der Waals surface area contributed by atoms with E-state index in [0.717, 1.165) is 6.08 Å². The van der Waals surface area contributed by atoms with Gasteiger partial charge in [0.15, 0.2) is 0 Å². The Morgan fingerprint density at radius 1 is 0.903 bits per heavy atom. The van der Waals surface area contributed by atoms with Crippen LogP contribution in [0.5, 0.6) is 11.6 Å². The number of hydrogen-bond acceptors (Lipinski definition) is 5. The molecular weight excluding hydrogens is 413 g/mol. The molecule has 6 nitrogen and oxygen atoms in total. The molecule has 0 atom stereocenters. The summed E-state index contributed by atoms with van der Waals surface area (Å²) in [6.07, 6.45) is -1.56. The Hall–Kier alpha value is -4.14. The summed E-state index contributed by atoms with van der Waals surface area (Å²) in [7, 11) is 0. The molecule has 0 aliphatic carbocycles. The molecular formula is C22H15F3N2O4. The van der Waals surface area contributed by atoms with Gasteiger partial charge in [-0.25, -0.2) is 9.78 Å². The Kier molecular flexibility index (Phi) is 6.66. The van der Waals surface area contributed by atoms with Gasteiger partial charge in [0.2, 0.25) is 5.88 Å². The second-order valence-corrected chi connectivity index (χ2v) is 6.02. The zero-order chi connectivity index (χ0) is 22.3. The molecule has 9 heteroatoms. The van der Waals surface area contributed by atoms with E-state index < -0.39 is 18.1 Å². The maximum atomic E-state index is 12.6. The zero-order valence-corrected chi connectivity index (χ0v) is 15.8. The van der Waals surface area contributed by atoms with Gasteiger partial charge in [-0.3, -0.25) is 4.79 Å². The van der Waals surface area contributed by atoms with Crippen molar-refractivity contribution in [3.05, 3.63) is 90.6 Å². The minimum absolute atomic E-state index is 0.0421. The summed E-state index contributed by atoms with van der Waals surface area (Å²) in [6, 6.07) is 19.4. The Bertz CT molecular complexity index is 1050. The fourth-order valence-corrected chi connectivity index (χ4v) is 2.32. The van der Waals surface area contributed by atoms with Gasteiger partial charge in [-0.2, -0.15) is 13.2 Å². The molecule has 2 aromatic carbocycles. The van der Waals surface area contributed by atoms with E-state index in [0.29, 0.717) is 17.2 Å². The van der Waals surface area contributed by atoms with Crippen LogP contribution in [0.15, 0.2) is 85.1 Å².